The Balaban J connectivity index is 1.47. The molecule has 1 fully saturated rings. The number of rotatable bonds is 9. The van der Waals surface area contributed by atoms with Crippen LogP contribution in [0.25, 0.3) is 6.08 Å². The van der Waals surface area contributed by atoms with E-state index in [1.165, 1.54) is 6.08 Å². The highest BCUT2D eigenvalue weighted by molar-refractivity contribution is 5.78. The Morgan fingerprint density at radius 3 is 2.33 bits per heavy atom. The molecule has 1 aliphatic heterocycles. The SMILES string of the molecule is CC(C)(C)OC(=O)N1CCN(C(=O)CCc2ccccc2Oc2ccccc2/C=C/[N+](=O)[O-])[C@H](Cc2ccccc2)C1. The van der Waals surface area contributed by atoms with Gasteiger partial charge in [0.2, 0.25) is 12.1 Å². The topological polar surface area (TPSA) is 102 Å². The highest BCUT2D eigenvalue weighted by atomic mass is 16.6. The van der Waals surface area contributed by atoms with E-state index in [0.29, 0.717) is 49.5 Å². The Morgan fingerprint density at radius 1 is 0.952 bits per heavy atom. The normalized spacial score (nSPS) is 15.5. The van der Waals surface area contributed by atoms with Gasteiger partial charge in [0.1, 0.15) is 17.1 Å². The van der Waals surface area contributed by atoms with Gasteiger partial charge in [0, 0.05) is 37.7 Å². The predicted molar refractivity (Wildman–Crippen MR) is 161 cm³/mol. The average molecular weight is 572 g/mol. The molecule has 0 saturated carbocycles. The minimum absolute atomic E-state index is 0.00360. The van der Waals surface area contributed by atoms with Crippen LogP contribution in [0.4, 0.5) is 4.79 Å². The quantitative estimate of drug-likeness (QED) is 0.219. The minimum atomic E-state index is -0.600. The number of ether oxygens (including phenoxy) is 2. The number of amides is 2. The second-order valence-electron chi connectivity index (χ2n) is 11.2. The highest BCUT2D eigenvalue weighted by Gasteiger charge is 2.34. The summed E-state index contributed by atoms with van der Waals surface area (Å²) in [6.07, 6.45) is 3.24. The molecule has 1 atom stereocenters. The lowest BCUT2D eigenvalue weighted by molar-refractivity contribution is -0.400. The molecule has 42 heavy (non-hydrogen) atoms. The smallest absolute Gasteiger partial charge is 0.410 e. The van der Waals surface area contributed by atoms with Gasteiger partial charge in [0.05, 0.1) is 11.0 Å². The van der Waals surface area contributed by atoms with E-state index < -0.39 is 10.5 Å². The molecule has 0 spiro atoms. The van der Waals surface area contributed by atoms with Gasteiger partial charge in [-0.25, -0.2) is 4.79 Å². The molecule has 1 heterocycles. The molecule has 0 aromatic heterocycles. The lowest BCUT2D eigenvalue weighted by atomic mass is 10.0. The van der Waals surface area contributed by atoms with E-state index in [0.717, 1.165) is 17.3 Å². The van der Waals surface area contributed by atoms with Crippen molar-refractivity contribution in [2.24, 2.45) is 0 Å². The summed E-state index contributed by atoms with van der Waals surface area (Å²) in [5.74, 6) is 1.07. The molecule has 0 N–H and O–H groups in total. The van der Waals surface area contributed by atoms with E-state index in [-0.39, 0.29) is 24.5 Å². The molecule has 0 unspecified atom stereocenters. The Kier molecular flexibility index (Phi) is 9.96. The molecule has 220 valence electrons. The van der Waals surface area contributed by atoms with E-state index in [2.05, 4.69) is 0 Å². The van der Waals surface area contributed by atoms with Gasteiger partial charge in [0.25, 0.3) is 0 Å². The van der Waals surface area contributed by atoms with Crippen molar-refractivity contribution in [3.8, 4) is 11.5 Å². The van der Waals surface area contributed by atoms with Crippen LogP contribution in [0.3, 0.4) is 0 Å². The third kappa shape index (κ3) is 8.67. The number of nitro groups is 1. The number of aryl methyl sites for hydroxylation is 1. The second kappa shape index (κ2) is 13.8. The van der Waals surface area contributed by atoms with Crippen LogP contribution in [0.15, 0.2) is 85.1 Å². The second-order valence-corrected chi connectivity index (χ2v) is 11.2. The molecular weight excluding hydrogens is 534 g/mol. The largest absolute Gasteiger partial charge is 0.456 e. The zero-order chi connectivity index (χ0) is 30.1. The average Bonchev–Trinajstić information content (AvgIpc) is 2.95. The molecule has 4 rings (SSSR count). The lowest BCUT2D eigenvalue weighted by Crippen LogP contribution is -2.57. The van der Waals surface area contributed by atoms with Crippen LogP contribution in [0.1, 0.15) is 43.9 Å². The van der Waals surface area contributed by atoms with Crippen molar-refractivity contribution in [1.82, 2.24) is 9.80 Å². The summed E-state index contributed by atoms with van der Waals surface area (Å²) in [6.45, 7) is 6.74. The van der Waals surface area contributed by atoms with Gasteiger partial charge >= 0.3 is 6.09 Å². The maximum atomic E-state index is 13.6. The number of carbonyl (C=O) groups excluding carboxylic acids is 2. The number of piperazine rings is 1. The van der Waals surface area contributed by atoms with E-state index in [4.69, 9.17) is 9.47 Å². The molecule has 1 aliphatic rings. The zero-order valence-electron chi connectivity index (χ0n) is 24.3. The molecule has 9 heteroatoms. The van der Waals surface area contributed by atoms with E-state index in [9.17, 15) is 19.7 Å². The fourth-order valence-corrected chi connectivity index (χ4v) is 4.90. The summed E-state index contributed by atoms with van der Waals surface area (Å²) in [7, 11) is 0. The van der Waals surface area contributed by atoms with Crippen molar-refractivity contribution in [3.05, 3.63) is 112 Å². The van der Waals surface area contributed by atoms with Crippen LogP contribution < -0.4 is 4.74 Å². The summed E-state index contributed by atoms with van der Waals surface area (Å²) in [5.41, 5.74) is 1.92. The van der Waals surface area contributed by atoms with Crippen LogP contribution in [0, 0.1) is 10.1 Å². The zero-order valence-corrected chi connectivity index (χ0v) is 24.3. The van der Waals surface area contributed by atoms with E-state index in [1.54, 1.807) is 29.2 Å². The van der Waals surface area contributed by atoms with Crippen LogP contribution in [-0.2, 0) is 22.4 Å². The third-order valence-corrected chi connectivity index (χ3v) is 6.86. The van der Waals surface area contributed by atoms with Crippen LogP contribution in [0.5, 0.6) is 11.5 Å². The van der Waals surface area contributed by atoms with Gasteiger partial charge < -0.3 is 19.3 Å². The molecule has 0 radical (unpaired) electrons. The summed E-state index contributed by atoms with van der Waals surface area (Å²) in [4.78, 5) is 40.3. The standard InChI is InChI=1S/C33H37N3O6/c1-33(2,3)42-32(38)34-21-22-35(28(24-34)23-25-11-5-4-6-12-25)31(37)18-17-26-13-7-9-15-29(26)41-30-16-10-8-14-27(30)19-20-36(39)40/h4-16,19-20,28H,17-18,21-24H2,1-3H3/b20-19+/t28-/m1/s1. The summed E-state index contributed by atoms with van der Waals surface area (Å²) in [5, 5.41) is 10.8. The number of para-hydroxylation sites is 2. The molecule has 3 aromatic rings. The van der Waals surface area contributed by atoms with Crippen molar-refractivity contribution in [2.45, 2.75) is 51.7 Å². The molecular formula is C33H37N3O6. The first kappa shape index (κ1) is 30.3. The monoisotopic (exact) mass is 571 g/mol. The van der Waals surface area contributed by atoms with Gasteiger partial charge in [-0.2, -0.15) is 0 Å². The van der Waals surface area contributed by atoms with Gasteiger partial charge in [-0.1, -0.05) is 66.7 Å². The Morgan fingerprint density at radius 2 is 1.62 bits per heavy atom. The van der Waals surface area contributed by atoms with Crippen molar-refractivity contribution < 1.29 is 24.0 Å². The van der Waals surface area contributed by atoms with Crippen molar-refractivity contribution >= 4 is 18.1 Å². The number of benzene rings is 3. The summed E-state index contributed by atoms with van der Waals surface area (Å²) < 4.78 is 11.8. The Labute approximate surface area is 246 Å². The van der Waals surface area contributed by atoms with Crippen LogP contribution >= 0.6 is 0 Å². The first-order valence-corrected chi connectivity index (χ1v) is 14.1. The van der Waals surface area contributed by atoms with Crippen LogP contribution in [0.2, 0.25) is 0 Å². The first-order valence-electron chi connectivity index (χ1n) is 14.1. The summed E-state index contributed by atoms with van der Waals surface area (Å²) >= 11 is 0. The third-order valence-electron chi connectivity index (χ3n) is 6.86. The fourth-order valence-electron chi connectivity index (χ4n) is 4.90. The van der Waals surface area contributed by atoms with Crippen molar-refractivity contribution in [2.75, 3.05) is 19.6 Å². The molecule has 0 aliphatic carbocycles. The van der Waals surface area contributed by atoms with Gasteiger partial charge in [-0.15, -0.1) is 0 Å². The molecule has 9 nitrogen and oxygen atoms in total. The molecule has 1 saturated heterocycles. The maximum Gasteiger partial charge on any atom is 0.410 e. The number of carbonyl (C=O) groups is 2. The van der Waals surface area contributed by atoms with Crippen molar-refractivity contribution in [3.63, 3.8) is 0 Å². The van der Waals surface area contributed by atoms with Gasteiger partial charge in [0.15, 0.2) is 0 Å². The van der Waals surface area contributed by atoms with Gasteiger partial charge in [-0.05, 0) is 56.9 Å². The van der Waals surface area contributed by atoms with Crippen LogP contribution in [-0.4, -0.2) is 58.0 Å². The molecule has 0 bridgehead atoms. The minimum Gasteiger partial charge on any atom is -0.456 e. The maximum absolute atomic E-state index is 13.6. The van der Waals surface area contributed by atoms with E-state index in [1.807, 2.05) is 80.3 Å². The fraction of sp³-hybridized carbons (Fsp3) is 0.333. The number of hydrogen-bond donors (Lipinski definition) is 0. The Hall–Kier alpha value is -4.66. The highest BCUT2D eigenvalue weighted by Crippen LogP contribution is 2.30. The van der Waals surface area contributed by atoms with Crippen molar-refractivity contribution in [1.29, 1.82) is 0 Å². The molecule has 3 aromatic carbocycles. The predicted octanol–water partition coefficient (Wildman–Crippen LogP) is 6.35. The first-order chi connectivity index (χ1) is 20.1. The number of nitrogens with zero attached hydrogens (tertiary/aromatic N) is 3. The Bertz CT molecular complexity index is 1420. The lowest BCUT2D eigenvalue weighted by Gasteiger charge is -2.42. The summed E-state index contributed by atoms with van der Waals surface area (Å²) in [6, 6.07) is 24.3. The van der Waals surface area contributed by atoms with Gasteiger partial charge in [-0.3, -0.25) is 14.9 Å². The molecule has 2 amide bonds. The van der Waals surface area contributed by atoms with E-state index >= 15 is 0 Å². The number of hydrogen-bond acceptors (Lipinski definition) is 6.